The minimum atomic E-state index is -0.561. The number of aryl methyl sites for hydroxylation is 2. The van der Waals surface area contributed by atoms with Crippen molar-refractivity contribution in [3.8, 4) is 0 Å². The smallest absolute Gasteiger partial charge is 0.227 e. The van der Waals surface area contributed by atoms with Crippen molar-refractivity contribution in [1.82, 2.24) is 15.0 Å². The number of likely N-dealkylation sites (tertiary alicyclic amines) is 1. The molecule has 1 aromatic heterocycles. The first-order valence-corrected chi connectivity index (χ1v) is 8.68. The summed E-state index contributed by atoms with van der Waals surface area (Å²) in [6.07, 6.45) is 3.01. The second-order valence-electron chi connectivity index (χ2n) is 6.95. The lowest BCUT2D eigenvalue weighted by Gasteiger charge is -2.42. The van der Waals surface area contributed by atoms with Crippen LogP contribution in [0, 0.1) is 13.8 Å². The third-order valence-corrected chi connectivity index (χ3v) is 5.70. The lowest BCUT2D eigenvalue weighted by atomic mass is 10.0. The molecule has 4 heterocycles. The molecule has 0 radical (unpaired) electrons. The van der Waals surface area contributed by atoms with Gasteiger partial charge in [0.15, 0.2) is 5.72 Å². The van der Waals surface area contributed by atoms with E-state index in [2.05, 4.69) is 5.16 Å². The van der Waals surface area contributed by atoms with Crippen LogP contribution in [0.2, 0.25) is 0 Å². The van der Waals surface area contributed by atoms with Crippen LogP contribution in [-0.2, 0) is 20.7 Å². The van der Waals surface area contributed by atoms with Crippen LogP contribution in [0.3, 0.4) is 0 Å². The van der Waals surface area contributed by atoms with E-state index < -0.39 is 5.72 Å². The Morgan fingerprint density at radius 1 is 1.38 bits per heavy atom. The lowest BCUT2D eigenvalue weighted by molar-refractivity contribution is -0.181. The fraction of sp³-hybridized carbons (Fsp3) is 0.706. The minimum absolute atomic E-state index is 0.0840. The summed E-state index contributed by atoms with van der Waals surface area (Å²) in [6.45, 7) is 5.84. The summed E-state index contributed by atoms with van der Waals surface area (Å²) in [5.74, 6) is 0.972. The standard InChI is InChI=1S/C17H23N3O4/c1-11-13(12(2)24-18-11)4-5-15(21)19-8-6-17-14(19)10-16(22)20(17)7-3-9-23-17/h14H,3-10H2,1-2H3/t14-,17+/m1/s1. The molecule has 0 aliphatic carbocycles. The predicted molar refractivity (Wildman–Crippen MR) is 84.0 cm³/mol. The molecule has 1 aromatic rings. The number of carbonyl (C=O) groups excluding carboxylic acids is 2. The van der Waals surface area contributed by atoms with Crippen LogP contribution in [0.25, 0.3) is 0 Å². The molecule has 130 valence electrons. The molecule has 1 spiro atoms. The summed E-state index contributed by atoms with van der Waals surface area (Å²) in [4.78, 5) is 28.8. The van der Waals surface area contributed by atoms with Gasteiger partial charge in [-0.2, -0.15) is 0 Å². The average molecular weight is 333 g/mol. The Bertz CT molecular complexity index is 666. The van der Waals surface area contributed by atoms with Crippen molar-refractivity contribution in [3.63, 3.8) is 0 Å². The SMILES string of the molecule is Cc1noc(C)c1CCC(=O)N1CC[C@@]23OCCCN2C(=O)C[C@@H]13. The maximum absolute atomic E-state index is 12.8. The van der Waals surface area contributed by atoms with Crippen molar-refractivity contribution in [2.24, 2.45) is 0 Å². The Hall–Kier alpha value is -1.89. The first kappa shape index (κ1) is 15.6. The van der Waals surface area contributed by atoms with Gasteiger partial charge in [-0.1, -0.05) is 5.16 Å². The number of amides is 2. The van der Waals surface area contributed by atoms with Crippen LogP contribution < -0.4 is 0 Å². The van der Waals surface area contributed by atoms with Gasteiger partial charge in [0.1, 0.15) is 5.76 Å². The van der Waals surface area contributed by atoms with Crippen LogP contribution in [0.1, 0.15) is 42.7 Å². The molecule has 0 aromatic carbocycles. The topological polar surface area (TPSA) is 75.9 Å². The average Bonchev–Trinajstić information content (AvgIpc) is 3.16. The van der Waals surface area contributed by atoms with E-state index >= 15 is 0 Å². The van der Waals surface area contributed by atoms with E-state index in [0.29, 0.717) is 32.4 Å². The molecule has 7 nitrogen and oxygen atoms in total. The zero-order valence-corrected chi connectivity index (χ0v) is 14.2. The number of rotatable bonds is 3. The second-order valence-corrected chi connectivity index (χ2v) is 6.95. The van der Waals surface area contributed by atoms with Crippen LogP contribution in [-0.4, -0.2) is 58.2 Å². The molecule has 0 unspecified atom stereocenters. The van der Waals surface area contributed by atoms with E-state index in [4.69, 9.17) is 9.26 Å². The predicted octanol–water partition coefficient (Wildman–Crippen LogP) is 1.17. The molecule has 3 aliphatic heterocycles. The molecular weight excluding hydrogens is 310 g/mol. The Morgan fingerprint density at radius 2 is 2.21 bits per heavy atom. The zero-order valence-electron chi connectivity index (χ0n) is 14.2. The molecule has 7 heteroatoms. The maximum Gasteiger partial charge on any atom is 0.227 e. The summed E-state index contributed by atoms with van der Waals surface area (Å²) < 4.78 is 11.2. The van der Waals surface area contributed by atoms with Crippen molar-refractivity contribution < 1.29 is 18.8 Å². The fourth-order valence-electron chi connectivity index (χ4n) is 4.48. The Labute approximate surface area is 140 Å². The molecule has 24 heavy (non-hydrogen) atoms. The van der Waals surface area contributed by atoms with Gasteiger partial charge in [-0.15, -0.1) is 0 Å². The molecule has 0 N–H and O–H groups in total. The van der Waals surface area contributed by atoms with Crippen LogP contribution >= 0.6 is 0 Å². The van der Waals surface area contributed by atoms with E-state index in [1.54, 1.807) is 0 Å². The molecule has 2 amide bonds. The summed E-state index contributed by atoms with van der Waals surface area (Å²) >= 11 is 0. The summed E-state index contributed by atoms with van der Waals surface area (Å²) in [6, 6.07) is -0.137. The molecule has 3 aliphatic rings. The molecule has 3 fully saturated rings. The van der Waals surface area contributed by atoms with E-state index in [-0.39, 0.29) is 17.9 Å². The van der Waals surface area contributed by atoms with Crippen LogP contribution in [0.4, 0.5) is 0 Å². The van der Waals surface area contributed by atoms with E-state index in [1.165, 1.54) is 0 Å². The number of hydrogen-bond donors (Lipinski definition) is 0. The maximum atomic E-state index is 12.8. The lowest BCUT2D eigenvalue weighted by Crippen LogP contribution is -2.56. The normalized spacial score (nSPS) is 29.1. The highest BCUT2D eigenvalue weighted by Crippen LogP contribution is 2.45. The first-order chi connectivity index (χ1) is 11.5. The van der Waals surface area contributed by atoms with Gasteiger partial charge in [-0.05, 0) is 26.7 Å². The molecule has 0 bridgehead atoms. The fourth-order valence-corrected chi connectivity index (χ4v) is 4.48. The van der Waals surface area contributed by atoms with Crippen molar-refractivity contribution in [3.05, 3.63) is 17.0 Å². The molecule has 2 atom stereocenters. The molecule has 3 saturated heterocycles. The number of carbonyl (C=O) groups is 2. The second kappa shape index (κ2) is 5.58. The quantitative estimate of drug-likeness (QED) is 0.830. The number of hydrogen-bond acceptors (Lipinski definition) is 5. The van der Waals surface area contributed by atoms with E-state index in [1.807, 2.05) is 23.6 Å². The van der Waals surface area contributed by atoms with Crippen molar-refractivity contribution >= 4 is 11.8 Å². The van der Waals surface area contributed by atoms with E-state index in [0.717, 1.165) is 36.4 Å². The van der Waals surface area contributed by atoms with Crippen molar-refractivity contribution in [2.75, 3.05) is 19.7 Å². The van der Waals surface area contributed by atoms with Crippen LogP contribution in [0.5, 0.6) is 0 Å². The zero-order chi connectivity index (χ0) is 16.9. The largest absolute Gasteiger partial charge is 0.361 e. The highest BCUT2D eigenvalue weighted by atomic mass is 16.5. The third kappa shape index (κ3) is 2.17. The number of aromatic nitrogens is 1. The Morgan fingerprint density at radius 3 is 2.96 bits per heavy atom. The Kier molecular flexibility index (Phi) is 3.63. The summed E-state index contributed by atoms with van der Waals surface area (Å²) in [5.41, 5.74) is 1.29. The van der Waals surface area contributed by atoms with Gasteiger partial charge >= 0.3 is 0 Å². The van der Waals surface area contributed by atoms with Crippen LogP contribution in [0.15, 0.2) is 4.52 Å². The molecular formula is C17H23N3O4. The highest BCUT2D eigenvalue weighted by Gasteiger charge is 2.61. The summed E-state index contributed by atoms with van der Waals surface area (Å²) in [7, 11) is 0. The van der Waals surface area contributed by atoms with Gasteiger partial charge in [-0.3, -0.25) is 9.59 Å². The number of nitrogens with zero attached hydrogens (tertiary/aromatic N) is 3. The van der Waals surface area contributed by atoms with Gasteiger partial charge in [0.25, 0.3) is 0 Å². The molecule has 0 saturated carbocycles. The van der Waals surface area contributed by atoms with Gasteiger partial charge in [0.05, 0.1) is 24.8 Å². The monoisotopic (exact) mass is 333 g/mol. The number of ether oxygens (including phenoxy) is 1. The highest BCUT2D eigenvalue weighted by molar-refractivity contribution is 5.84. The van der Waals surface area contributed by atoms with Gasteiger partial charge in [0, 0.05) is 31.5 Å². The summed E-state index contributed by atoms with van der Waals surface area (Å²) in [5, 5.41) is 3.94. The van der Waals surface area contributed by atoms with Crippen molar-refractivity contribution in [2.45, 2.75) is 57.7 Å². The van der Waals surface area contributed by atoms with Gasteiger partial charge in [0.2, 0.25) is 11.8 Å². The van der Waals surface area contributed by atoms with Gasteiger partial charge in [-0.25, -0.2) is 0 Å². The third-order valence-electron chi connectivity index (χ3n) is 5.70. The molecule has 4 rings (SSSR count). The van der Waals surface area contributed by atoms with E-state index in [9.17, 15) is 9.59 Å². The Balaban J connectivity index is 1.47. The van der Waals surface area contributed by atoms with Gasteiger partial charge < -0.3 is 19.1 Å². The van der Waals surface area contributed by atoms with Crippen molar-refractivity contribution in [1.29, 1.82) is 0 Å². The first-order valence-electron chi connectivity index (χ1n) is 8.68. The minimum Gasteiger partial charge on any atom is -0.361 e.